The van der Waals surface area contributed by atoms with Gasteiger partial charge in [-0.1, -0.05) is 66.4 Å². The molecule has 0 fully saturated rings. The van der Waals surface area contributed by atoms with Crippen LogP contribution < -0.4 is 11.2 Å². The summed E-state index contributed by atoms with van der Waals surface area (Å²) in [6.45, 7) is 4.16. The number of amides is 1. The molecule has 0 saturated carbocycles. The Morgan fingerprint density at radius 1 is 1.06 bits per heavy atom. The van der Waals surface area contributed by atoms with Gasteiger partial charge >= 0.3 is 0 Å². The molecule has 7 nitrogen and oxygen atoms in total. The van der Waals surface area contributed by atoms with E-state index in [0.29, 0.717) is 22.5 Å². The summed E-state index contributed by atoms with van der Waals surface area (Å²) in [5, 5.41) is 16.6. The maximum Gasteiger partial charge on any atom is 0.236 e. The number of rotatable bonds is 7. The van der Waals surface area contributed by atoms with Crippen LogP contribution in [0.4, 0.5) is 5.13 Å². The molecular weight excluding hydrogens is 476 g/mol. The molecule has 0 unspecified atom stereocenters. The van der Waals surface area contributed by atoms with Crippen molar-refractivity contribution in [2.24, 2.45) is 0 Å². The minimum absolute atomic E-state index is 0.155. The van der Waals surface area contributed by atoms with Gasteiger partial charge in [-0.05, 0) is 47.4 Å². The van der Waals surface area contributed by atoms with Gasteiger partial charge in [0.2, 0.25) is 11.1 Å². The molecule has 0 saturated heterocycles. The predicted molar refractivity (Wildman–Crippen MR) is 143 cm³/mol. The maximum absolute atomic E-state index is 12.5. The molecule has 176 valence electrons. The Morgan fingerprint density at radius 3 is 2.74 bits per heavy atom. The molecule has 0 atom stereocenters. The molecule has 0 spiro atoms. The van der Waals surface area contributed by atoms with Crippen molar-refractivity contribution in [2.45, 2.75) is 25.4 Å². The summed E-state index contributed by atoms with van der Waals surface area (Å²) in [6.07, 6.45) is 0.554. The summed E-state index contributed by atoms with van der Waals surface area (Å²) >= 11 is 2.65. The van der Waals surface area contributed by atoms with Crippen LogP contribution in [0.3, 0.4) is 0 Å². The number of thioether (sulfide) groups is 1. The monoisotopic (exact) mass is 500 g/mol. The molecule has 9 heteroatoms. The Hall–Kier alpha value is -3.69. The number of carbonyl (C=O) groups excluding carboxylic acids is 1. The van der Waals surface area contributed by atoms with Crippen LogP contribution in [0, 0.1) is 13.8 Å². The predicted octanol–water partition coefficient (Wildman–Crippen LogP) is 5.21. The second kappa shape index (κ2) is 9.89. The summed E-state index contributed by atoms with van der Waals surface area (Å²) in [7, 11) is 0. The van der Waals surface area contributed by atoms with Gasteiger partial charge < -0.3 is 11.2 Å². The van der Waals surface area contributed by atoms with Crippen molar-refractivity contribution in [3.8, 4) is 11.3 Å². The number of nitrogens with two attached hydrogens (primary N) is 1. The van der Waals surface area contributed by atoms with Crippen LogP contribution in [0.25, 0.3) is 22.0 Å². The summed E-state index contributed by atoms with van der Waals surface area (Å²) in [6, 6.07) is 20.6. The van der Waals surface area contributed by atoms with Crippen molar-refractivity contribution in [2.75, 3.05) is 16.9 Å². The Morgan fingerprint density at radius 2 is 1.89 bits per heavy atom. The van der Waals surface area contributed by atoms with E-state index in [1.165, 1.54) is 44.3 Å². The van der Waals surface area contributed by atoms with Gasteiger partial charge in [-0.2, -0.15) is 0 Å². The van der Waals surface area contributed by atoms with Crippen molar-refractivity contribution in [3.63, 3.8) is 0 Å². The fourth-order valence-corrected chi connectivity index (χ4v) is 5.20. The fraction of sp³-hybridized carbons (Fsp3) is 0.154. The second-order valence-electron chi connectivity index (χ2n) is 8.26. The van der Waals surface area contributed by atoms with E-state index in [4.69, 9.17) is 5.84 Å². The van der Waals surface area contributed by atoms with Gasteiger partial charge in [0.25, 0.3) is 0 Å². The number of aryl methyl sites for hydroxylation is 2. The minimum atomic E-state index is -0.172. The lowest BCUT2D eigenvalue weighted by Crippen LogP contribution is -2.17. The Bertz CT molecular complexity index is 1520. The smallest absolute Gasteiger partial charge is 0.236 e. The SMILES string of the molecule is Cc1ccc(-c2csc(NC(=O)CSc3nnc(Cc4cccc5ccccc45)n3N)n2)cc1C. The topological polar surface area (TPSA) is 98.7 Å². The van der Waals surface area contributed by atoms with Gasteiger partial charge in [-0.25, -0.2) is 9.66 Å². The molecule has 0 bridgehead atoms. The summed E-state index contributed by atoms with van der Waals surface area (Å²) < 4.78 is 1.46. The van der Waals surface area contributed by atoms with Crippen LogP contribution in [0.15, 0.2) is 71.2 Å². The summed E-state index contributed by atoms with van der Waals surface area (Å²) in [4.78, 5) is 17.1. The molecule has 1 amide bonds. The van der Waals surface area contributed by atoms with Crippen LogP contribution in [0.2, 0.25) is 0 Å². The number of hydrogen-bond donors (Lipinski definition) is 2. The van der Waals surface area contributed by atoms with Crippen LogP contribution in [-0.2, 0) is 11.2 Å². The number of carbonyl (C=O) groups is 1. The van der Waals surface area contributed by atoms with Crippen molar-refractivity contribution < 1.29 is 4.79 Å². The minimum Gasteiger partial charge on any atom is -0.336 e. The summed E-state index contributed by atoms with van der Waals surface area (Å²) in [5.74, 6) is 6.88. The first kappa shape index (κ1) is 23.1. The second-order valence-corrected chi connectivity index (χ2v) is 10.1. The van der Waals surface area contributed by atoms with Crippen LogP contribution >= 0.6 is 23.1 Å². The molecule has 3 N–H and O–H groups in total. The van der Waals surface area contributed by atoms with E-state index in [1.807, 2.05) is 29.6 Å². The van der Waals surface area contributed by atoms with E-state index in [0.717, 1.165) is 22.2 Å². The van der Waals surface area contributed by atoms with Crippen molar-refractivity contribution >= 4 is 44.9 Å². The van der Waals surface area contributed by atoms with Crippen molar-refractivity contribution in [1.29, 1.82) is 0 Å². The van der Waals surface area contributed by atoms with E-state index in [1.54, 1.807) is 0 Å². The molecule has 5 rings (SSSR count). The average molecular weight is 501 g/mol. The third-order valence-electron chi connectivity index (χ3n) is 5.85. The largest absolute Gasteiger partial charge is 0.336 e. The van der Waals surface area contributed by atoms with E-state index in [9.17, 15) is 4.79 Å². The van der Waals surface area contributed by atoms with Crippen LogP contribution in [0.5, 0.6) is 0 Å². The highest BCUT2D eigenvalue weighted by Gasteiger charge is 2.15. The lowest BCUT2D eigenvalue weighted by molar-refractivity contribution is -0.113. The quantitative estimate of drug-likeness (QED) is 0.235. The first-order chi connectivity index (χ1) is 17.0. The number of nitrogens with one attached hydrogen (secondary N) is 1. The highest BCUT2D eigenvalue weighted by atomic mass is 32.2. The molecule has 5 aromatic rings. The average Bonchev–Trinajstić information content (AvgIpc) is 3.46. The molecule has 35 heavy (non-hydrogen) atoms. The number of fused-ring (bicyclic) bond motifs is 1. The van der Waals surface area contributed by atoms with Gasteiger partial charge in [-0.15, -0.1) is 21.5 Å². The third-order valence-corrected chi connectivity index (χ3v) is 7.55. The van der Waals surface area contributed by atoms with Crippen molar-refractivity contribution in [3.05, 3.63) is 88.6 Å². The number of nitrogens with zero attached hydrogens (tertiary/aromatic N) is 4. The normalized spacial score (nSPS) is 11.1. The lowest BCUT2D eigenvalue weighted by atomic mass is 10.0. The summed E-state index contributed by atoms with van der Waals surface area (Å²) in [5.41, 5.74) is 5.46. The Balaban J connectivity index is 1.21. The molecule has 0 radical (unpaired) electrons. The molecular formula is C26H24N6OS2. The fourth-order valence-electron chi connectivity index (χ4n) is 3.79. The molecule has 3 aromatic carbocycles. The lowest BCUT2D eigenvalue weighted by Gasteiger charge is -2.07. The number of benzene rings is 3. The maximum atomic E-state index is 12.5. The molecule has 0 aliphatic carbocycles. The molecule has 0 aliphatic rings. The van der Waals surface area contributed by atoms with E-state index in [-0.39, 0.29) is 11.7 Å². The Labute approximate surface area is 211 Å². The first-order valence-electron chi connectivity index (χ1n) is 11.1. The molecule has 0 aliphatic heterocycles. The van der Waals surface area contributed by atoms with E-state index >= 15 is 0 Å². The molecule has 2 heterocycles. The first-order valence-corrected chi connectivity index (χ1v) is 13.0. The third kappa shape index (κ3) is 5.06. The van der Waals surface area contributed by atoms with Gasteiger partial charge in [0.15, 0.2) is 11.0 Å². The van der Waals surface area contributed by atoms with E-state index < -0.39 is 0 Å². The highest BCUT2D eigenvalue weighted by molar-refractivity contribution is 7.99. The van der Waals surface area contributed by atoms with Gasteiger partial charge in [0.1, 0.15) is 0 Å². The highest BCUT2D eigenvalue weighted by Crippen LogP contribution is 2.27. The zero-order valence-electron chi connectivity index (χ0n) is 19.4. The van der Waals surface area contributed by atoms with Crippen LogP contribution in [-0.4, -0.2) is 31.5 Å². The number of anilines is 1. The van der Waals surface area contributed by atoms with Gasteiger partial charge in [-0.3, -0.25) is 4.79 Å². The Kier molecular flexibility index (Phi) is 6.52. The van der Waals surface area contributed by atoms with Gasteiger partial charge in [0, 0.05) is 17.4 Å². The standard InChI is InChI=1S/C26H24N6OS2/c1-16-10-11-20(12-17(16)2)22-14-34-25(28-22)29-24(33)15-35-26-31-30-23(32(26)27)13-19-8-5-7-18-6-3-4-9-21(18)19/h3-12,14H,13,15,27H2,1-2H3,(H,28,29,33). The van der Waals surface area contributed by atoms with Crippen LogP contribution in [0.1, 0.15) is 22.5 Å². The zero-order valence-corrected chi connectivity index (χ0v) is 21.0. The zero-order chi connectivity index (χ0) is 24.4. The number of hydrogen-bond acceptors (Lipinski definition) is 7. The number of aromatic nitrogens is 4. The van der Waals surface area contributed by atoms with E-state index in [2.05, 4.69) is 70.7 Å². The number of nitrogen functional groups attached to an aromatic ring is 1. The van der Waals surface area contributed by atoms with Crippen molar-refractivity contribution in [1.82, 2.24) is 19.9 Å². The number of thiazole rings is 1. The van der Waals surface area contributed by atoms with Gasteiger partial charge in [0.05, 0.1) is 11.4 Å². The molecule has 2 aromatic heterocycles.